The fraction of sp³-hybridized carbons (Fsp3) is 0.316. The number of hydrogen-bond acceptors (Lipinski definition) is 5. The summed E-state index contributed by atoms with van der Waals surface area (Å²) in [5.74, 6) is -0.633. The first kappa shape index (κ1) is 18.5. The molecule has 0 radical (unpaired) electrons. The van der Waals surface area contributed by atoms with Crippen molar-refractivity contribution in [3.8, 4) is 0 Å². The third-order valence-electron chi connectivity index (χ3n) is 4.69. The number of carbonyl (C=O) groups is 2. The molecule has 1 aliphatic heterocycles. The van der Waals surface area contributed by atoms with Gasteiger partial charge in [-0.1, -0.05) is 0 Å². The number of rotatable bonds is 4. The molecule has 1 N–H and O–H groups in total. The van der Waals surface area contributed by atoms with Crippen LogP contribution < -0.4 is 10.2 Å². The Kier molecular flexibility index (Phi) is 4.43. The number of nitrogens with one attached hydrogen (secondary N) is 1. The second-order valence-corrected chi connectivity index (χ2v) is 7.23. The van der Waals surface area contributed by atoms with Crippen molar-refractivity contribution in [1.29, 1.82) is 0 Å². The first-order chi connectivity index (χ1) is 12.6. The summed E-state index contributed by atoms with van der Waals surface area (Å²) < 4.78 is 0. The van der Waals surface area contributed by atoms with Crippen LogP contribution in [0.4, 0.5) is 17.1 Å². The molecule has 0 atom stereocenters. The summed E-state index contributed by atoms with van der Waals surface area (Å²) in [5.41, 5.74) is 0.384. The largest absolute Gasteiger partial charge is 0.316 e. The lowest BCUT2D eigenvalue weighted by Crippen LogP contribution is -2.40. The maximum Gasteiger partial charge on any atom is 0.294 e. The lowest BCUT2D eigenvalue weighted by atomic mass is 9.85. The molecule has 0 bridgehead atoms. The minimum Gasteiger partial charge on any atom is -0.316 e. The van der Waals surface area contributed by atoms with Crippen LogP contribution >= 0.6 is 0 Å². The predicted octanol–water partition coefficient (Wildman–Crippen LogP) is 3.27. The van der Waals surface area contributed by atoms with Gasteiger partial charge in [-0.15, -0.1) is 0 Å². The Morgan fingerprint density at radius 3 is 2.59 bits per heavy atom. The number of hydrogen-bond donors (Lipinski definition) is 1. The zero-order chi connectivity index (χ0) is 19.9. The molecule has 8 nitrogen and oxygen atoms in total. The molecule has 2 aromatic rings. The van der Waals surface area contributed by atoms with Gasteiger partial charge in [0.1, 0.15) is 5.69 Å². The van der Waals surface area contributed by atoms with Gasteiger partial charge in [0.15, 0.2) is 0 Å². The van der Waals surface area contributed by atoms with E-state index in [1.165, 1.54) is 24.5 Å². The third kappa shape index (κ3) is 3.03. The Labute approximate surface area is 156 Å². The number of fused-ring (bicyclic) bond motifs is 1. The van der Waals surface area contributed by atoms with E-state index in [1.807, 2.05) is 13.8 Å². The van der Waals surface area contributed by atoms with Gasteiger partial charge in [0.05, 0.1) is 21.6 Å². The summed E-state index contributed by atoms with van der Waals surface area (Å²) >= 11 is 0. The summed E-state index contributed by atoms with van der Waals surface area (Å²) in [6.07, 6.45) is 2.91. The maximum absolute atomic E-state index is 12.8. The van der Waals surface area contributed by atoms with Gasteiger partial charge in [-0.3, -0.25) is 24.7 Å². The number of aromatic nitrogens is 1. The zero-order valence-corrected chi connectivity index (χ0v) is 15.5. The van der Waals surface area contributed by atoms with Crippen LogP contribution in [0, 0.1) is 10.1 Å². The summed E-state index contributed by atoms with van der Waals surface area (Å²) in [4.78, 5) is 41.7. The van der Waals surface area contributed by atoms with Gasteiger partial charge < -0.3 is 10.2 Å². The molecule has 0 aliphatic carbocycles. The van der Waals surface area contributed by atoms with Crippen LogP contribution in [0.25, 0.3) is 0 Å². The fourth-order valence-electron chi connectivity index (χ4n) is 3.26. The average Bonchev–Trinajstić information content (AvgIpc) is 2.81. The normalized spacial score (nSPS) is 15.0. The molecule has 3 rings (SSSR count). The molecule has 1 aliphatic rings. The van der Waals surface area contributed by atoms with Gasteiger partial charge >= 0.3 is 0 Å². The highest BCUT2D eigenvalue weighted by atomic mass is 16.6. The fourth-order valence-corrected chi connectivity index (χ4v) is 3.26. The first-order valence-electron chi connectivity index (χ1n) is 8.52. The average molecular weight is 368 g/mol. The van der Waals surface area contributed by atoms with E-state index in [1.54, 1.807) is 30.9 Å². The molecule has 0 spiro atoms. The van der Waals surface area contributed by atoms with Crippen molar-refractivity contribution < 1.29 is 14.5 Å². The van der Waals surface area contributed by atoms with Crippen LogP contribution in [-0.2, 0) is 10.2 Å². The summed E-state index contributed by atoms with van der Waals surface area (Å²) in [6, 6.07) is 5.92. The quantitative estimate of drug-likeness (QED) is 0.658. The molecule has 0 fully saturated rings. The number of pyridine rings is 1. The van der Waals surface area contributed by atoms with Crippen molar-refractivity contribution in [2.75, 3.05) is 10.2 Å². The molecule has 2 amide bonds. The number of nitrogens with zero attached hydrogens (tertiary/aromatic N) is 3. The first-order valence-corrected chi connectivity index (χ1v) is 8.52. The predicted molar refractivity (Wildman–Crippen MR) is 101 cm³/mol. The van der Waals surface area contributed by atoms with Crippen molar-refractivity contribution in [1.82, 2.24) is 4.98 Å². The molecule has 0 saturated heterocycles. The van der Waals surface area contributed by atoms with Gasteiger partial charge in [0, 0.05) is 24.5 Å². The van der Waals surface area contributed by atoms with E-state index in [2.05, 4.69) is 10.3 Å². The number of anilines is 2. The third-order valence-corrected chi connectivity index (χ3v) is 4.69. The van der Waals surface area contributed by atoms with Gasteiger partial charge in [0.2, 0.25) is 5.91 Å². The monoisotopic (exact) mass is 368 g/mol. The van der Waals surface area contributed by atoms with Crippen molar-refractivity contribution >= 4 is 28.9 Å². The second kappa shape index (κ2) is 6.46. The summed E-state index contributed by atoms with van der Waals surface area (Å²) in [6.45, 7) is 7.25. The van der Waals surface area contributed by atoms with Gasteiger partial charge in [0.25, 0.3) is 11.6 Å². The number of nitro benzene ring substituents is 1. The summed E-state index contributed by atoms with van der Waals surface area (Å²) in [7, 11) is 0. The molecule has 27 heavy (non-hydrogen) atoms. The number of carbonyl (C=O) groups excluding carboxylic acids is 2. The highest BCUT2D eigenvalue weighted by Crippen LogP contribution is 2.46. The topological polar surface area (TPSA) is 105 Å². The van der Waals surface area contributed by atoms with Crippen LogP contribution in [0.2, 0.25) is 0 Å². The van der Waals surface area contributed by atoms with Crippen molar-refractivity contribution in [2.24, 2.45) is 0 Å². The minimum atomic E-state index is -0.845. The van der Waals surface area contributed by atoms with E-state index < -0.39 is 16.2 Å². The number of amides is 2. The standard InChI is InChI=1S/C19H20N4O4/c1-11(2)22-15-9-16(23(26)27)14(8-13(15)19(3,4)18(22)25)21-17(24)12-6-5-7-20-10-12/h5-11H,1-4H3,(H,21,24). The van der Waals surface area contributed by atoms with E-state index in [-0.39, 0.29) is 28.9 Å². The molecule has 8 heteroatoms. The molecule has 140 valence electrons. The van der Waals surface area contributed by atoms with Crippen molar-refractivity contribution in [2.45, 2.75) is 39.2 Å². The number of benzene rings is 1. The van der Waals surface area contributed by atoms with Crippen LogP contribution in [0.1, 0.15) is 43.6 Å². The Bertz CT molecular complexity index is 938. The Balaban J connectivity index is 2.11. The van der Waals surface area contributed by atoms with Crippen LogP contribution in [0.5, 0.6) is 0 Å². The van der Waals surface area contributed by atoms with Gasteiger partial charge in [-0.05, 0) is 51.5 Å². The van der Waals surface area contributed by atoms with E-state index >= 15 is 0 Å². The molecule has 1 aromatic heterocycles. The highest BCUT2D eigenvalue weighted by Gasteiger charge is 2.46. The smallest absolute Gasteiger partial charge is 0.294 e. The lowest BCUT2D eigenvalue weighted by Gasteiger charge is -2.23. The molecular weight excluding hydrogens is 348 g/mol. The Morgan fingerprint density at radius 2 is 2.04 bits per heavy atom. The zero-order valence-electron chi connectivity index (χ0n) is 15.5. The molecule has 2 heterocycles. The minimum absolute atomic E-state index is 0.0547. The van der Waals surface area contributed by atoms with Crippen LogP contribution in [-0.4, -0.2) is 27.8 Å². The Morgan fingerprint density at radius 1 is 1.33 bits per heavy atom. The molecular formula is C19H20N4O4. The lowest BCUT2D eigenvalue weighted by molar-refractivity contribution is -0.383. The molecule has 0 saturated carbocycles. The summed E-state index contributed by atoms with van der Waals surface area (Å²) in [5, 5.41) is 14.2. The van der Waals surface area contributed by atoms with E-state index in [9.17, 15) is 19.7 Å². The van der Waals surface area contributed by atoms with Gasteiger partial charge in [-0.25, -0.2) is 0 Å². The maximum atomic E-state index is 12.8. The van der Waals surface area contributed by atoms with E-state index in [4.69, 9.17) is 0 Å². The second-order valence-electron chi connectivity index (χ2n) is 7.23. The van der Waals surface area contributed by atoms with Crippen molar-refractivity contribution in [3.63, 3.8) is 0 Å². The molecule has 0 unspecified atom stereocenters. The van der Waals surface area contributed by atoms with Crippen molar-refractivity contribution in [3.05, 3.63) is 57.9 Å². The molecule has 1 aromatic carbocycles. The highest BCUT2D eigenvalue weighted by molar-refractivity contribution is 6.10. The van der Waals surface area contributed by atoms with Crippen LogP contribution in [0.3, 0.4) is 0 Å². The van der Waals surface area contributed by atoms with E-state index in [0.29, 0.717) is 11.3 Å². The van der Waals surface area contributed by atoms with E-state index in [0.717, 1.165) is 0 Å². The SMILES string of the molecule is CC(C)N1C(=O)C(C)(C)c2cc(NC(=O)c3cccnc3)c([N+](=O)[O-])cc21. The van der Waals surface area contributed by atoms with Gasteiger partial charge in [-0.2, -0.15) is 0 Å². The van der Waals surface area contributed by atoms with Crippen LogP contribution in [0.15, 0.2) is 36.7 Å². The number of nitro groups is 1. The Hall–Kier alpha value is -3.29.